The molecule has 2 aromatic rings. The third kappa shape index (κ3) is 6.93. The maximum atomic E-state index is 13.2. The standard InChI is InChI=1S/C23H33N3O5S/c1-6-23(4,5)25-22(28)21(17(2)3)26(16-18-11-10-14-31-18)20(27)15-24-32(29,30)19-12-8-7-9-13-19/h7-14,17,21,24H,6,15-16H2,1-5H3,(H,25,28)/t21-/m0/s1. The van der Waals surface area contributed by atoms with Crippen molar-refractivity contribution in [3.63, 3.8) is 0 Å². The molecule has 1 heterocycles. The van der Waals surface area contributed by atoms with Gasteiger partial charge in [0.1, 0.15) is 11.8 Å². The summed E-state index contributed by atoms with van der Waals surface area (Å²) in [4.78, 5) is 27.8. The molecule has 32 heavy (non-hydrogen) atoms. The van der Waals surface area contributed by atoms with E-state index in [1.54, 1.807) is 30.3 Å². The zero-order valence-electron chi connectivity index (χ0n) is 19.3. The van der Waals surface area contributed by atoms with Crippen LogP contribution < -0.4 is 10.0 Å². The van der Waals surface area contributed by atoms with Gasteiger partial charge in [0.2, 0.25) is 21.8 Å². The van der Waals surface area contributed by atoms with E-state index in [4.69, 9.17) is 4.42 Å². The number of hydrogen-bond acceptors (Lipinski definition) is 5. The fourth-order valence-electron chi connectivity index (χ4n) is 3.15. The fourth-order valence-corrected chi connectivity index (χ4v) is 4.15. The lowest BCUT2D eigenvalue weighted by molar-refractivity contribution is -0.143. The quantitative estimate of drug-likeness (QED) is 0.533. The molecule has 0 spiro atoms. The van der Waals surface area contributed by atoms with Gasteiger partial charge in [0.05, 0.1) is 24.2 Å². The van der Waals surface area contributed by atoms with E-state index in [9.17, 15) is 18.0 Å². The van der Waals surface area contributed by atoms with Gasteiger partial charge >= 0.3 is 0 Å². The van der Waals surface area contributed by atoms with E-state index in [1.807, 2.05) is 34.6 Å². The molecule has 2 N–H and O–H groups in total. The van der Waals surface area contributed by atoms with Crippen LogP contribution in [0.4, 0.5) is 0 Å². The molecule has 176 valence electrons. The Morgan fingerprint density at radius 1 is 1.09 bits per heavy atom. The molecule has 0 saturated heterocycles. The molecule has 1 aromatic heterocycles. The second kappa shape index (κ2) is 10.8. The third-order valence-electron chi connectivity index (χ3n) is 5.27. The second-order valence-electron chi connectivity index (χ2n) is 8.65. The molecule has 1 atom stereocenters. The minimum atomic E-state index is -3.87. The van der Waals surface area contributed by atoms with Crippen LogP contribution in [0, 0.1) is 5.92 Å². The van der Waals surface area contributed by atoms with Crippen LogP contribution in [-0.4, -0.2) is 43.3 Å². The van der Waals surface area contributed by atoms with Gasteiger partial charge in [-0.25, -0.2) is 13.1 Å². The van der Waals surface area contributed by atoms with E-state index in [0.717, 1.165) is 0 Å². The van der Waals surface area contributed by atoms with Crippen LogP contribution in [0.25, 0.3) is 0 Å². The van der Waals surface area contributed by atoms with Gasteiger partial charge in [0, 0.05) is 5.54 Å². The predicted molar refractivity (Wildman–Crippen MR) is 122 cm³/mol. The summed E-state index contributed by atoms with van der Waals surface area (Å²) < 4.78 is 32.9. The molecule has 0 unspecified atom stereocenters. The second-order valence-corrected chi connectivity index (χ2v) is 10.4. The van der Waals surface area contributed by atoms with Crippen molar-refractivity contribution in [3.8, 4) is 0 Å². The average Bonchev–Trinajstić information content (AvgIpc) is 3.25. The van der Waals surface area contributed by atoms with Gasteiger partial charge in [-0.2, -0.15) is 0 Å². The van der Waals surface area contributed by atoms with E-state index < -0.39 is 34.1 Å². The molecule has 0 radical (unpaired) electrons. The van der Waals surface area contributed by atoms with E-state index in [2.05, 4.69) is 10.0 Å². The molecule has 2 amide bonds. The van der Waals surface area contributed by atoms with Crippen molar-refractivity contribution in [2.75, 3.05) is 6.54 Å². The number of sulfonamides is 1. The smallest absolute Gasteiger partial charge is 0.243 e. The van der Waals surface area contributed by atoms with Gasteiger partial charge in [0.25, 0.3) is 0 Å². The number of nitrogens with one attached hydrogen (secondary N) is 2. The van der Waals surface area contributed by atoms with E-state index in [0.29, 0.717) is 12.2 Å². The monoisotopic (exact) mass is 463 g/mol. The molecule has 9 heteroatoms. The largest absolute Gasteiger partial charge is 0.467 e. The predicted octanol–water partition coefficient (Wildman–Crippen LogP) is 2.92. The first kappa shape index (κ1) is 25.6. The Kier molecular flexibility index (Phi) is 8.63. The number of nitrogens with zero attached hydrogens (tertiary/aromatic N) is 1. The van der Waals surface area contributed by atoms with Gasteiger partial charge in [-0.05, 0) is 50.5 Å². The first-order chi connectivity index (χ1) is 15.0. The van der Waals surface area contributed by atoms with Gasteiger partial charge in [-0.3, -0.25) is 9.59 Å². The number of rotatable bonds is 11. The summed E-state index contributed by atoms with van der Waals surface area (Å²) in [6, 6.07) is 10.4. The molecule has 2 rings (SSSR count). The molecule has 0 aliphatic rings. The summed E-state index contributed by atoms with van der Waals surface area (Å²) in [6.07, 6.45) is 2.20. The minimum Gasteiger partial charge on any atom is -0.467 e. The van der Waals surface area contributed by atoms with Crippen LogP contribution in [0.15, 0.2) is 58.0 Å². The zero-order chi connectivity index (χ0) is 23.9. The number of carbonyl (C=O) groups is 2. The molecule has 0 aliphatic carbocycles. The summed E-state index contributed by atoms with van der Waals surface area (Å²) in [5, 5.41) is 3.00. The average molecular weight is 464 g/mol. The summed E-state index contributed by atoms with van der Waals surface area (Å²) in [6.45, 7) is 9.05. The molecule has 0 saturated carbocycles. The lowest BCUT2D eigenvalue weighted by atomic mass is 9.97. The van der Waals surface area contributed by atoms with Gasteiger partial charge < -0.3 is 14.6 Å². The van der Waals surface area contributed by atoms with Crippen molar-refractivity contribution in [2.24, 2.45) is 5.92 Å². The Bertz CT molecular complexity index is 986. The van der Waals surface area contributed by atoms with Crippen molar-refractivity contribution >= 4 is 21.8 Å². The zero-order valence-corrected chi connectivity index (χ0v) is 20.1. The number of amides is 2. The molecule has 8 nitrogen and oxygen atoms in total. The van der Waals surface area contributed by atoms with Crippen molar-refractivity contribution < 1.29 is 22.4 Å². The third-order valence-corrected chi connectivity index (χ3v) is 6.69. The Hall–Kier alpha value is -2.65. The Morgan fingerprint density at radius 3 is 2.28 bits per heavy atom. The summed E-state index contributed by atoms with van der Waals surface area (Å²) >= 11 is 0. The highest BCUT2D eigenvalue weighted by molar-refractivity contribution is 7.89. The minimum absolute atomic E-state index is 0.0434. The molecule has 0 bridgehead atoms. The first-order valence-corrected chi connectivity index (χ1v) is 12.1. The fraction of sp³-hybridized carbons (Fsp3) is 0.478. The highest BCUT2D eigenvalue weighted by atomic mass is 32.2. The summed E-state index contributed by atoms with van der Waals surface area (Å²) in [5.74, 6) is -0.536. The van der Waals surface area contributed by atoms with Crippen molar-refractivity contribution in [2.45, 2.75) is 64.1 Å². The van der Waals surface area contributed by atoms with Gasteiger partial charge in [0.15, 0.2) is 0 Å². The molecule has 0 aliphatic heterocycles. The van der Waals surface area contributed by atoms with Gasteiger partial charge in [-0.15, -0.1) is 0 Å². The number of benzene rings is 1. The highest BCUT2D eigenvalue weighted by Crippen LogP contribution is 2.19. The van der Waals surface area contributed by atoms with Crippen LogP contribution >= 0.6 is 0 Å². The molecule has 1 aromatic carbocycles. The summed E-state index contributed by atoms with van der Waals surface area (Å²) in [7, 11) is -3.87. The lowest BCUT2D eigenvalue weighted by Crippen LogP contribution is -2.57. The molecular weight excluding hydrogens is 430 g/mol. The van der Waals surface area contributed by atoms with Crippen LogP contribution in [0.2, 0.25) is 0 Å². The SMILES string of the molecule is CCC(C)(C)NC(=O)[C@H](C(C)C)N(Cc1ccco1)C(=O)CNS(=O)(=O)c1ccccc1. The topological polar surface area (TPSA) is 109 Å². The van der Waals surface area contributed by atoms with Crippen molar-refractivity contribution in [1.29, 1.82) is 0 Å². The number of carbonyl (C=O) groups excluding carboxylic acids is 2. The molecule has 0 fully saturated rings. The normalized spacial score (nSPS) is 13.1. The maximum absolute atomic E-state index is 13.2. The lowest BCUT2D eigenvalue weighted by Gasteiger charge is -2.36. The number of hydrogen-bond donors (Lipinski definition) is 2. The maximum Gasteiger partial charge on any atom is 0.243 e. The number of furan rings is 1. The van der Waals surface area contributed by atoms with Gasteiger partial charge in [-0.1, -0.05) is 39.0 Å². The van der Waals surface area contributed by atoms with Crippen LogP contribution in [0.3, 0.4) is 0 Å². The molecular formula is C23H33N3O5S. The first-order valence-electron chi connectivity index (χ1n) is 10.7. The van der Waals surface area contributed by atoms with Crippen LogP contribution in [0.5, 0.6) is 0 Å². The highest BCUT2D eigenvalue weighted by Gasteiger charge is 2.35. The van der Waals surface area contributed by atoms with Crippen molar-refractivity contribution in [3.05, 3.63) is 54.5 Å². The van der Waals surface area contributed by atoms with E-state index >= 15 is 0 Å². The van der Waals surface area contributed by atoms with E-state index in [-0.39, 0.29) is 23.3 Å². The van der Waals surface area contributed by atoms with Crippen LogP contribution in [-0.2, 0) is 26.2 Å². The Balaban J connectivity index is 2.27. The van der Waals surface area contributed by atoms with E-state index in [1.165, 1.54) is 23.3 Å². The summed E-state index contributed by atoms with van der Waals surface area (Å²) in [5.41, 5.74) is -0.446. The Labute approximate surface area is 190 Å². The van der Waals surface area contributed by atoms with Crippen molar-refractivity contribution in [1.82, 2.24) is 14.9 Å². The van der Waals surface area contributed by atoms with Crippen LogP contribution in [0.1, 0.15) is 46.8 Å². The Morgan fingerprint density at radius 2 is 1.75 bits per heavy atom.